The van der Waals surface area contributed by atoms with Gasteiger partial charge in [0.1, 0.15) is 17.4 Å². The summed E-state index contributed by atoms with van der Waals surface area (Å²) in [6.07, 6.45) is 2.54. The number of hydrogen-bond donors (Lipinski definition) is 0. The Kier molecular flexibility index (Phi) is 7.85. The third-order valence-corrected chi connectivity index (χ3v) is 4.65. The Morgan fingerprint density at radius 1 is 0.710 bits per heavy atom. The van der Waals surface area contributed by atoms with Gasteiger partial charge in [0, 0.05) is 16.7 Å². The molecule has 0 saturated heterocycles. The molecule has 3 heteroatoms. The van der Waals surface area contributed by atoms with E-state index >= 15 is 0 Å². The molecule has 0 aliphatic rings. The second-order valence-electron chi connectivity index (χ2n) is 7.07. The van der Waals surface area contributed by atoms with E-state index in [1.165, 1.54) is 12.1 Å². The van der Waals surface area contributed by atoms with Crippen LogP contribution in [0.2, 0.25) is 0 Å². The van der Waals surface area contributed by atoms with Gasteiger partial charge in [-0.25, -0.2) is 8.78 Å². The third-order valence-electron chi connectivity index (χ3n) is 4.65. The first-order chi connectivity index (χ1) is 15.1. The van der Waals surface area contributed by atoms with Crippen molar-refractivity contribution >= 4 is 0 Å². The third kappa shape index (κ3) is 6.46. The number of aryl methyl sites for hydroxylation is 1. The van der Waals surface area contributed by atoms with Gasteiger partial charge in [0.2, 0.25) is 0 Å². The number of hydrogen-bond acceptors (Lipinski definition) is 1. The van der Waals surface area contributed by atoms with Gasteiger partial charge in [0.05, 0.1) is 12.2 Å². The highest BCUT2D eigenvalue weighted by molar-refractivity contribution is 5.49. The molecule has 3 aromatic rings. The largest absolute Gasteiger partial charge is 0.494 e. The lowest BCUT2D eigenvalue weighted by atomic mass is 10.0. The molecule has 3 aromatic carbocycles. The second-order valence-corrected chi connectivity index (χ2v) is 7.07. The van der Waals surface area contributed by atoms with Crippen LogP contribution in [0.3, 0.4) is 0 Å². The minimum Gasteiger partial charge on any atom is -0.494 e. The van der Waals surface area contributed by atoms with E-state index in [9.17, 15) is 8.78 Å². The first-order valence-corrected chi connectivity index (χ1v) is 10.4. The molecule has 0 radical (unpaired) electrons. The SMILES string of the molecule is CCCCc1cc(F)c(C#Cc2ccc(C#Cc3ccc(OCC)cc3)cc2)c(F)c1. The van der Waals surface area contributed by atoms with Crippen LogP contribution in [0.4, 0.5) is 8.78 Å². The van der Waals surface area contributed by atoms with Gasteiger partial charge in [0.25, 0.3) is 0 Å². The maximum atomic E-state index is 14.3. The zero-order valence-corrected chi connectivity index (χ0v) is 17.8. The van der Waals surface area contributed by atoms with Crippen molar-refractivity contribution in [1.82, 2.24) is 0 Å². The quantitative estimate of drug-likeness (QED) is 0.433. The summed E-state index contributed by atoms with van der Waals surface area (Å²) in [6.45, 7) is 4.62. The van der Waals surface area contributed by atoms with Gasteiger partial charge >= 0.3 is 0 Å². The Hall–Kier alpha value is -3.56. The van der Waals surface area contributed by atoms with Gasteiger partial charge in [-0.2, -0.15) is 0 Å². The van der Waals surface area contributed by atoms with Crippen molar-refractivity contribution < 1.29 is 13.5 Å². The van der Waals surface area contributed by atoms with Crippen LogP contribution in [0, 0.1) is 35.3 Å². The highest BCUT2D eigenvalue weighted by Gasteiger charge is 2.09. The number of benzene rings is 3. The van der Waals surface area contributed by atoms with Crippen LogP contribution in [0.15, 0.2) is 60.7 Å². The van der Waals surface area contributed by atoms with E-state index in [4.69, 9.17) is 4.74 Å². The molecular weight excluding hydrogens is 390 g/mol. The average molecular weight is 414 g/mol. The first-order valence-electron chi connectivity index (χ1n) is 10.4. The second kappa shape index (κ2) is 11.0. The summed E-state index contributed by atoms with van der Waals surface area (Å²) in [6, 6.07) is 17.6. The predicted molar refractivity (Wildman–Crippen MR) is 121 cm³/mol. The van der Waals surface area contributed by atoms with Crippen LogP contribution < -0.4 is 4.74 Å². The Bertz CT molecular complexity index is 1120. The fourth-order valence-electron chi connectivity index (χ4n) is 2.99. The zero-order valence-electron chi connectivity index (χ0n) is 17.8. The molecule has 156 valence electrons. The summed E-state index contributed by atoms with van der Waals surface area (Å²) >= 11 is 0. The molecule has 0 amide bonds. The predicted octanol–water partition coefficient (Wildman–Crippen LogP) is 6.51. The van der Waals surface area contributed by atoms with Crippen LogP contribution >= 0.6 is 0 Å². The minimum atomic E-state index is -0.614. The molecule has 3 rings (SSSR count). The summed E-state index contributed by atoms with van der Waals surface area (Å²) in [5, 5.41) is 0. The molecule has 0 bridgehead atoms. The fourth-order valence-corrected chi connectivity index (χ4v) is 2.99. The minimum absolute atomic E-state index is 0.195. The van der Waals surface area contributed by atoms with Crippen LogP contribution in [-0.2, 0) is 6.42 Å². The van der Waals surface area contributed by atoms with Crippen molar-refractivity contribution in [2.45, 2.75) is 33.1 Å². The Labute approximate surface area is 183 Å². The molecular formula is C28H24F2O. The number of rotatable bonds is 5. The molecule has 0 unspecified atom stereocenters. The van der Waals surface area contributed by atoms with E-state index in [2.05, 4.69) is 23.7 Å². The standard InChI is InChI=1S/C28H24F2O/c1-3-5-6-24-19-27(29)26(28(30)20-24)18-15-22-10-7-21(8-11-22)9-12-23-13-16-25(17-14-23)31-4-2/h7-8,10-11,13-14,16-17,19-20H,3-6H2,1-2H3. The van der Waals surface area contributed by atoms with Crippen molar-refractivity contribution in [3.05, 3.63) is 100 Å². The summed E-state index contributed by atoms with van der Waals surface area (Å²) in [5.41, 5.74) is 2.86. The Morgan fingerprint density at radius 3 is 1.68 bits per heavy atom. The van der Waals surface area contributed by atoms with Gasteiger partial charge in [-0.3, -0.25) is 0 Å². The lowest BCUT2D eigenvalue weighted by Crippen LogP contribution is -1.95. The molecule has 0 saturated carbocycles. The summed E-state index contributed by atoms with van der Waals surface area (Å²) < 4.78 is 34.0. The van der Waals surface area contributed by atoms with E-state index in [0.717, 1.165) is 29.7 Å². The van der Waals surface area contributed by atoms with Gasteiger partial charge in [0.15, 0.2) is 0 Å². The molecule has 0 aliphatic heterocycles. The zero-order chi connectivity index (χ0) is 22.1. The molecule has 31 heavy (non-hydrogen) atoms. The van der Waals surface area contributed by atoms with Gasteiger partial charge < -0.3 is 4.74 Å². The van der Waals surface area contributed by atoms with Crippen LogP contribution in [0.1, 0.15) is 54.5 Å². The van der Waals surface area contributed by atoms with Gasteiger partial charge in [-0.1, -0.05) is 37.0 Å². The Balaban J connectivity index is 1.70. The van der Waals surface area contributed by atoms with E-state index in [1.54, 1.807) is 12.1 Å². The normalized spacial score (nSPS) is 9.94. The Morgan fingerprint density at radius 2 is 1.19 bits per heavy atom. The van der Waals surface area contributed by atoms with Crippen LogP contribution in [-0.4, -0.2) is 6.61 Å². The van der Waals surface area contributed by atoms with E-state index in [1.807, 2.05) is 50.2 Å². The lowest BCUT2D eigenvalue weighted by molar-refractivity contribution is 0.340. The van der Waals surface area contributed by atoms with Crippen molar-refractivity contribution in [2.75, 3.05) is 6.61 Å². The van der Waals surface area contributed by atoms with E-state index in [-0.39, 0.29) is 5.56 Å². The lowest BCUT2D eigenvalue weighted by Gasteiger charge is -2.03. The van der Waals surface area contributed by atoms with Crippen molar-refractivity contribution in [3.8, 4) is 29.4 Å². The number of halogens is 2. The smallest absolute Gasteiger partial charge is 0.142 e. The highest BCUT2D eigenvalue weighted by Crippen LogP contribution is 2.17. The molecule has 0 spiro atoms. The summed E-state index contributed by atoms with van der Waals surface area (Å²) in [4.78, 5) is 0. The average Bonchev–Trinajstić information content (AvgIpc) is 2.77. The number of ether oxygens (including phenoxy) is 1. The molecule has 0 fully saturated rings. The van der Waals surface area contributed by atoms with Crippen molar-refractivity contribution in [3.63, 3.8) is 0 Å². The van der Waals surface area contributed by atoms with Gasteiger partial charge in [-0.05, 0) is 86.0 Å². The van der Waals surface area contributed by atoms with Gasteiger partial charge in [-0.15, -0.1) is 0 Å². The molecule has 0 heterocycles. The molecule has 1 nitrogen and oxygen atoms in total. The number of unbranched alkanes of at least 4 members (excludes halogenated alkanes) is 1. The van der Waals surface area contributed by atoms with Crippen LogP contribution in [0.25, 0.3) is 0 Å². The van der Waals surface area contributed by atoms with Crippen molar-refractivity contribution in [1.29, 1.82) is 0 Å². The van der Waals surface area contributed by atoms with E-state index < -0.39 is 11.6 Å². The first kappa shape index (κ1) is 22.1. The monoisotopic (exact) mass is 414 g/mol. The maximum Gasteiger partial charge on any atom is 0.142 e. The summed E-state index contributed by atoms with van der Waals surface area (Å²) in [5.74, 6) is 11.2. The topological polar surface area (TPSA) is 9.23 Å². The highest BCUT2D eigenvalue weighted by atomic mass is 19.1. The maximum absolute atomic E-state index is 14.3. The van der Waals surface area contributed by atoms with Crippen molar-refractivity contribution in [2.24, 2.45) is 0 Å². The molecule has 0 N–H and O–H groups in total. The molecule has 0 aliphatic carbocycles. The molecule has 0 aromatic heterocycles. The summed E-state index contributed by atoms with van der Waals surface area (Å²) in [7, 11) is 0. The fraction of sp³-hybridized carbons (Fsp3) is 0.214. The molecule has 0 atom stereocenters. The van der Waals surface area contributed by atoms with Crippen LogP contribution in [0.5, 0.6) is 5.75 Å². The van der Waals surface area contributed by atoms with E-state index in [0.29, 0.717) is 24.2 Å².